The molecule has 1 N–H and O–H groups in total. The molecule has 4 heterocycles. The predicted molar refractivity (Wildman–Crippen MR) is 64.3 cm³/mol. The first-order valence-corrected chi connectivity index (χ1v) is 7.01. The van der Waals surface area contributed by atoms with E-state index in [9.17, 15) is 0 Å². The van der Waals surface area contributed by atoms with Gasteiger partial charge < -0.3 is 14.6 Å². The second kappa shape index (κ2) is 4.03. The molecule has 3 saturated heterocycles. The van der Waals surface area contributed by atoms with Crippen LogP contribution >= 0.6 is 0 Å². The summed E-state index contributed by atoms with van der Waals surface area (Å²) in [6, 6.07) is 0. The van der Waals surface area contributed by atoms with E-state index >= 15 is 0 Å². The van der Waals surface area contributed by atoms with Crippen molar-refractivity contribution in [3.05, 3.63) is 11.7 Å². The lowest BCUT2D eigenvalue weighted by Gasteiger charge is -2.30. The molecule has 3 fully saturated rings. The average molecular weight is 249 g/mol. The molecule has 5 heteroatoms. The molecule has 4 unspecified atom stereocenters. The Kier molecular flexibility index (Phi) is 2.45. The van der Waals surface area contributed by atoms with Gasteiger partial charge in [-0.2, -0.15) is 4.98 Å². The van der Waals surface area contributed by atoms with E-state index < -0.39 is 0 Å². The smallest absolute Gasteiger partial charge is 0.229 e. The summed E-state index contributed by atoms with van der Waals surface area (Å²) in [5.41, 5.74) is 0. The van der Waals surface area contributed by atoms with Crippen LogP contribution in [0.2, 0.25) is 0 Å². The summed E-state index contributed by atoms with van der Waals surface area (Å²) in [6.45, 7) is 4.31. The zero-order valence-corrected chi connectivity index (χ0v) is 10.6. The fraction of sp³-hybridized carbons (Fsp3) is 0.846. The Morgan fingerprint density at radius 3 is 2.83 bits per heavy atom. The van der Waals surface area contributed by atoms with Gasteiger partial charge in [0, 0.05) is 5.92 Å². The lowest BCUT2D eigenvalue weighted by atomic mass is 9.88. The molecule has 4 atom stereocenters. The molecule has 4 rings (SSSR count). The molecule has 2 bridgehead atoms. The molecule has 18 heavy (non-hydrogen) atoms. The maximum absolute atomic E-state index is 5.86. The lowest BCUT2D eigenvalue weighted by molar-refractivity contribution is 0.0996. The van der Waals surface area contributed by atoms with Crippen LogP contribution in [0, 0.1) is 5.92 Å². The minimum atomic E-state index is 0.334. The van der Waals surface area contributed by atoms with Gasteiger partial charge >= 0.3 is 0 Å². The molecule has 0 radical (unpaired) electrons. The first kappa shape index (κ1) is 10.9. The molecule has 1 aromatic rings. The van der Waals surface area contributed by atoms with Crippen LogP contribution in [0.4, 0.5) is 0 Å². The first-order valence-electron chi connectivity index (χ1n) is 7.01. The molecule has 98 valence electrons. The molecule has 0 saturated carbocycles. The molecule has 5 nitrogen and oxygen atoms in total. The van der Waals surface area contributed by atoms with E-state index in [0.717, 1.165) is 37.6 Å². The van der Waals surface area contributed by atoms with Gasteiger partial charge in [0.25, 0.3) is 0 Å². The van der Waals surface area contributed by atoms with Gasteiger partial charge in [0.15, 0.2) is 5.82 Å². The Hall–Kier alpha value is -0.940. The number of nitrogens with zero attached hydrogens (tertiary/aromatic N) is 2. The van der Waals surface area contributed by atoms with Crippen LogP contribution in [-0.2, 0) is 4.74 Å². The SMILES string of the molecule is CC(c1nc(C2CC3CCC2O3)no1)C1CNC1. The molecule has 1 aromatic heterocycles. The minimum Gasteiger partial charge on any atom is -0.374 e. The van der Waals surface area contributed by atoms with Crippen molar-refractivity contribution in [2.75, 3.05) is 13.1 Å². The summed E-state index contributed by atoms with van der Waals surface area (Å²) in [5, 5.41) is 7.48. The van der Waals surface area contributed by atoms with Gasteiger partial charge in [-0.15, -0.1) is 0 Å². The fourth-order valence-electron chi connectivity index (χ4n) is 3.36. The number of ether oxygens (including phenoxy) is 1. The van der Waals surface area contributed by atoms with Crippen molar-refractivity contribution in [2.45, 2.75) is 50.2 Å². The summed E-state index contributed by atoms with van der Waals surface area (Å²) in [4.78, 5) is 4.63. The van der Waals surface area contributed by atoms with E-state index in [-0.39, 0.29) is 0 Å². The van der Waals surface area contributed by atoms with E-state index in [1.807, 2.05) is 0 Å². The number of aromatic nitrogens is 2. The van der Waals surface area contributed by atoms with E-state index in [2.05, 4.69) is 22.4 Å². The number of fused-ring (bicyclic) bond motifs is 2. The number of hydrogen-bond acceptors (Lipinski definition) is 5. The van der Waals surface area contributed by atoms with E-state index in [0.29, 0.717) is 30.0 Å². The standard InChI is InChI=1S/C13H19N3O2/c1-7(8-5-14-6-8)13-15-12(16-18-13)10-4-9-2-3-11(10)17-9/h7-11,14H,2-6H2,1H3. The van der Waals surface area contributed by atoms with Gasteiger partial charge in [-0.05, 0) is 38.3 Å². The second-order valence-electron chi connectivity index (χ2n) is 5.91. The molecule has 0 aliphatic carbocycles. The van der Waals surface area contributed by atoms with E-state index in [4.69, 9.17) is 9.26 Å². The second-order valence-corrected chi connectivity index (χ2v) is 5.91. The molecular formula is C13H19N3O2. The molecule has 0 amide bonds. The van der Waals surface area contributed by atoms with Crippen LogP contribution in [0.5, 0.6) is 0 Å². The van der Waals surface area contributed by atoms with Crippen molar-refractivity contribution in [1.82, 2.24) is 15.5 Å². The predicted octanol–water partition coefficient (Wildman–Crippen LogP) is 1.43. The third kappa shape index (κ3) is 1.61. The summed E-state index contributed by atoms with van der Waals surface area (Å²) in [5.74, 6) is 3.06. The van der Waals surface area contributed by atoms with Crippen LogP contribution in [0.25, 0.3) is 0 Å². The Bertz CT molecular complexity index is 443. The van der Waals surface area contributed by atoms with Crippen molar-refractivity contribution in [1.29, 1.82) is 0 Å². The van der Waals surface area contributed by atoms with Gasteiger partial charge in [0.05, 0.1) is 18.1 Å². The molecule has 3 aliphatic heterocycles. The monoisotopic (exact) mass is 249 g/mol. The Morgan fingerprint density at radius 2 is 2.22 bits per heavy atom. The van der Waals surface area contributed by atoms with Gasteiger partial charge in [-0.25, -0.2) is 0 Å². The van der Waals surface area contributed by atoms with Crippen LogP contribution in [0.1, 0.15) is 49.7 Å². The fourth-order valence-corrected chi connectivity index (χ4v) is 3.36. The average Bonchev–Trinajstić information content (AvgIpc) is 3.02. The van der Waals surface area contributed by atoms with Crippen molar-refractivity contribution in [3.8, 4) is 0 Å². The number of hydrogen-bond donors (Lipinski definition) is 1. The zero-order valence-electron chi connectivity index (χ0n) is 10.6. The Morgan fingerprint density at radius 1 is 1.33 bits per heavy atom. The van der Waals surface area contributed by atoms with Crippen LogP contribution in [0.15, 0.2) is 4.52 Å². The third-order valence-corrected chi connectivity index (χ3v) is 4.80. The highest BCUT2D eigenvalue weighted by Gasteiger charge is 2.44. The maximum atomic E-state index is 5.86. The van der Waals surface area contributed by atoms with Crippen LogP contribution in [-0.4, -0.2) is 35.4 Å². The van der Waals surface area contributed by atoms with Crippen molar-refractivity contribution >= 4 is 0 Å². The summed E-state index contributed by atoms with van der Waals surface area (Å²) >= 11 is 0. The van der Waals surface area contributed by atoms with E-state index in [1.165, 1.54) is 6.42 Å². The highest BCUT2D eigenvalue weighted by atomic mass is 16.5. The topological polar surface area (TPSA) is 60.2 Å². The van der Waals surface area contributed by atoms with Crippen molar-refractivity contribution < 1.29 is 9.26 Å². The normalized spacial score (nSPS) is 36.8. The summed E-state index contributed by atoms with van der Waals surface area (Å²) < 4.78 is 11.3. The van der Waals surface area contributed by atoms with Gasteiger partial charge in [-0.1, -0.05) is 12.1 Å². The van der Waals surface area contributed by atoms with Crippen LogP contribution in [0.3, 0.4) is 0 Å². The number of nitrogens with one attached hydrogen (secondary N) is 1. The van der Waals surface area contributed by atoms with E-state index in [1.54, 1.807) is 0 Å². The Labute approximate surface area is 106 Å². The first-order chi connectivity index (χ1) is 8.81. The third-order valence-electron chi connectivity index (χ3n) is 4.80. The number of rotatable bonds is 3. The molecule has 0 aromatic carbocycles. The summed E-state index contributed by atoms with van der Waals surface area (Å²) in [7, 11) is 0. The maximum Gasteiger partial charge on any atom is 0.229 e. The van der Waals surface area contributed by atoms with Gasteiger partial charge in [0.1, 0.15) is 0 Å². The minimum absolute atomic E-state index is 0.334. The quantitative estimate of drug-likeness (QED) is 0.878. The molecule has 3 aliphatic rings. The largest absolute Gasteiger partial charge is 0.374 e. The summed E-state index contributed by atoms with van der Waals surface area (Å²) in [6.07, 6.45) is 4.21. The highest BCUT2D eigenvalue weighted by Crippen LogP contribution is 2.43. The molecule has 0 spiro atoms. The van der Waals surface area contributed by atoms with Crippen LogP contribution < -0.4 is 5.32 Å². The lowest BCUT2D eigenvalue weighted by Crippen LogP contribution is -2.44. The Balaban J connectivity index is 1.51. The zero-order chi connectivity index (χ0) is 12.1. The van der Waals surface area contributed by atoms with Crippen molar-refractivity contribution in [3.63, 3.8) is 0 Å². The highest BCUT2D eigenvalue weighted by molar-refractivity contribution is 5.08. The molecular weight excluding hydrogens is 230 g/mol. The van der Waals surface area contributed by atoms with Crippen molar-refractivity contribution in [2.24, 2.45) is 5.92 Å². The van der Waals surface area contributed by atoms with Gasteiger partial charge in [-0.3, -0.25) is 0 Å². The van der Waals surface area contributed by atoms with Gasteiger partial charge in [0.2, 0.25) is 5.89 Å².